The first-order valence-corrected chi connectivity index (χ1v) is 5.67. The molecule has 1 amide bonds. The van der Waals surface area contributed by atoms with Gasteiger partial charge in [0.2, 0.25) is 0 Å². The molecule has 1 aromatic heterocycles. The molecule has 17 heavy (non-hydrogen) atoms. The van der Waals surface area contributed by atoms with E-state index in [-0.39, 0.29) is 11.7 Å². The Morgan fingerprint density at radius 2 is 2.18 bits per heavy atom. The van der Waals surface area contributed by atoms with Crippen LogP contribution in [0.5, 0.6) is 0 Å². The third-order valence-corrected chi connectivity index (χ3v) is 2.78. The molecule has 2 rings (SSSR count). The molecule has 1 aromatic carbocycles. The van der Waals surface area contributed by atoms with E-state index >= 15 is 0 Å². The van der Waals surface area contributed by atoms with E-state index in [9.17, 15) is 9.18 Å². The van der Waals surface area contributed by atoms with Crippen molar-refractivity contribution in [1.29, 1.82) is 0 Å². The number of amides is 1. The lowest BCUT2D eigenvalue weighted by atomic mass is 10.2. The average molecular weight is 298 g/mol. The van der Waals surface area contributed by atoms with E-state index in [1.807, 2.05) is 0 Å². The predicted octanol–water partition coefficient (Wildman–Crippen LogP) is 3.74. The zero-order valence-corrected chi connectivity index (χ0v) is 10.5. The smallest absolute Gasteiger partial charge is 0.258 e. The van der Waals surface area contributed by atoms with Crippen molar-refractivity contribution >= 4 is 27.5 Å². The standard InChI is InChI=1S/C12H9BrFNO2/c1-7-4-8(6-17-7)12(16)15-9-2-3-11(14)10(13)5-9/h2-6H,1H3,(H,15,16). The Labute approximate surface area is 106 Å². The van der Waals surface area contributed by atoms with Gasteiger partial charge in [0.05, 0.1) is 10.0 Å². The number of hydrogen-bond acceptors (Lipinski definition) is 2. The maximum Gasteiger partial charge on any atom is 0.258 e. The minimum atomic E-state index is -0.373. The van der Waals surface area contributed by atoms with Crippen LogP contribution in [0.4, 0.5) is 10.1 Å². The highest BCUT2D eigenvalue weighted by molar-refractivity contribution is 9.10. The van der Waals surface area contributed by atoms with Gasteiger partial charge in [0.15, 0.2) is 0 Å². The van der Waals surface area contributed by atoms with E-state index in [1.165, 1.54) is 24.5 Å². The van der Waals surface area contributed by atoms with E-state index in [1.54, 1.807) is 13.0 Å². The number of halogens is 2. The van der Waals surface area contributed by atoms with Gasteiger partial charge < -0.3 is 9.73 Å². The molecule has 1 heterocycles. The molecule has 88 valence electrons. The van der Waals surface area contributed by atoms with E-state index in [2.05, 4.69) is 21.2 Å². The number of furan rings is 1. The van der Waals surface area contributed by atoms with Crippen molar-refractivity contribution in [2.75, 3.05) is 5.32 Å². The van der Waals surface area contributed by atoms with Gasteiger partial charge in [-0.15, -0.1) is 0 Å². The van der Waals surface area contributed by atoms with Gasteiger partial charge in [-0.3, -0.25) is 4.79 Å². The molecular weight excluding hydrogens is 289 g/mol. The average Bonchev–Trinajstić information content (AvgIpc) is 2.70. The second-order valence-corrected chi connectivity index (χ2v) is 4.38. The summed E-state index contributed by atoms with van der Waals surface area (Å²) in [6.07, 6.45) is 1.38. The molecular formula is C12H9BrFNO2. The van der Waals surface area contributed by atoms with Gasteiger partial charge in [-0.1, -0.05) is 0 Å². The van der Waals surface area contributed by atoms with Crippen molar-refractivity contribution in [2.24, 2.45) is 0 Å². The first-order valence-electron chi connectivity index (χ1n) is 4.88. The van der Waals surface area contributed by atoms with Gasteiger partial charge in [-0.05, 0) is 47.1 Å². The summed E-state index contributed by atoms with van der Waals surface area (Å²) in [6.45, 7) is 1.76. The van der Waals surface area contributed by atoms with Crippen molar-refractivity contribution in [2.45, 2.75) is 6.92 Å². The summed E-state index contributed by atoms with van der Waals surface area (Å²) in [5.74, 6) is -0.00190. The van der Waals surface area contributed by atoms with E-state index < -0.39 is 0 Å². The van der Waals surface area contributed by atoms with Gasteiger partial charge in [-0.2, -0.15) is 0 Å². The zero-order valence-electron chi connectivity index (χ0n) is 8.96. The van der Waals surface area contributed by atoms with Crippen molar-refractivity contribution in [3.05, 3.63) is 52.1 Å². The summed E-state index contributed by atoms with van der Waals surface area (Å²) in [4.78, 5) is 11.7. The highest BCUT2D eigenvalue weighted by Crippen LogP contribution is 2.20. The lowest BCUT2D eigenvalue weighted by Gasteiger charge is -2.04. The number of carbonyl (C=O) groups is 1. The first kappa shape index (κ1) is 11.9. The maximum atomic E-state index is 13.0. The van der Waals surface area contributed by atoms with Crippen LogP contribution >= 0.6 is 15.9 Å². The quantitative estimate of drug-likeness (QED) is 0.917. The molecule has 1 N–H and O–H groups in total. The summed E-state index contributed by atoms with van der Waals surface area (Å²) >= 11 is 3.05. The summed E-state index contributed by atoms with van der Waals surface area (Å²) in [6, 6.07) is 5.90. The fraction of sp³-hybridized carbons (Fsp3) is 0.0833. The Bertz CT molecular complexity index is 565. The molecule has 0 fully saturated rings. The normalized spacial score (nSPS) is 10.3. The largest absolute Gasteiger partial charge is 0.469 e. The fourth-order valence-corrected chi connectivity index (χ4v) is 1.72. The molecule has 0 spiro atoms. The maximum absolute atomic E-state index is 13.0. The van der Waals surface area contributed by atoms with E-state index in [4.69, 9.17) is 4.42 Å². The van der Waals surface area contributed by atoms with Crippen LogP contribution in [0.3, 0.4) is 0 Å². The molecule has 0 saturated carbocycles. The van der Waals surface area contributed by atoms with E-state index in [0.717, 1.165) is 0 Å². The highest BCUT2D eigenvalue weighted by atomic mass is 79.9. The van der Waals surface area contributed by atoms with Crippen molar-refractivity contribution in [3.63, 3.8) is 0 Å². The molecule has 5 heteroatoms. The van der Waals surface area contributed by atoms with Gasteiger partial charge in [-0.25, -0.2) is 4.39 Å². The van der Waals surface area contributed by atoms with Crippen molar-refractivity contribution < 1.29 is 13.6 Å². The van der Waals surface area contributed by atoms with Gasteiger partial charge in [0, 0.05) is 5.69 Å². The van der Waals surface area contributed by atoms with Crippen LogP contribution in [-0.2, 0) is 0 Å². The summed E-state index contributed by atoms with van der Waals surface area (Å²) in [5, 5.41) is 2.64. The summed E-state index contributed by atoms with van der Waals surface area (Å²) in [5.41, 5.74) is 0.949. The molecule has 0 saturated heterocycles. The molecule has 0 aliphatic heterocycles. The molecule has 3 nitrogen and oxygen atoms in total. The number of nitrogens with one attached hydrogen (secondary N) is 1. The molecule has 0 unspecified atom stereocenters. The van der Waals surface area contributed by atoms with Gasteiger partial charge in [0.1, 0.15) is 17.8 Å². The molecule has 2 aromatic rings. The van der Waals surface area contributed by atoms with Crippen LogP contribution in [0.25, 0.3) is 0 Å². The van der Waals surface area contributed by atoms with Crippen LogP contribution in [0.15, 0.2) is 39.4 Å². The third kappa shape index (κ3) is 2.74. The Balaban J connectivity index is 2.15. The number of hydrogen-bond donors (Lipinski definition) is 1. The third-order valence-electron chi connectivity index (χ3n) is 2.17. The summed E-state index contributed by atoms with van der Waals surface area (Å²) < 4.78 is 18.3. The minimum Gasteiger partial charge on any atom is -0.469 e. The number of benzene rings is 1. The first-order chi connectivity index (χ1) is 8.06. The van der Waals surface area contributed by atoms with E-state index in [0.29, 0.717) is 21.5 Å². The SMILES string of the molecule is Cc1cc(C(=O)Nc2ccc(F)c(Br)c2)co1. The van der Waals surface area contributed by atoms with Crippen LogP contribution in [-0.4, -0.2) is 5.91 Å². The molecule has 0 atom stereocenters. The summed E-state index contributed by atoms with van der Waals surface area (Å²) in [7, 11) is 0. The Morgan fingerprint density at radius 1 is 1.41 bits per heavy atom. The second-order valence-electron chi connectivity index (χ2n) is 3.53. The number of aryl methyl sites for hydroxylation is 1. The number of rotatable bonds is 2. The minimum absolute atomic E-state index is 0.291. The van der Waals surface area contributed by atoms with Crippen LogP contribution in [0.2, 0.25) is 0 Å². The highest BCUT2D eigenvalue weighted by Gasteiger charge is 2.09. The van der Waals surface area contributed by atoms with Crippen LogP contribution in [0.1, 0.15) is 16.1 Å². The van der Waals surface area contributed by atoms with Crippen molar-refractivity contribution in [1.82, 2.24) is 0 Å². The van der Waals surface area contributed by atoms with Gasteiger partial charge >= 0.3 is 0 Å². The monoisotopic (exact) mass is 297 g/mol. The van der Waals surface area contributed by atoms with Crippen LogP contribution in [0, 0.1) is 12.7 Å². The Hall–Kier alpha value is -1.62. The predicted molar refractivity (Wildman–Crippen MR) is 65.5 cm³/mol. The zero-order chi connectivity index (χ0) is 12.4. The lowest BCUT2D eigenvalue weighted by Crippen LogP contribution is -2.10. The Morgan fingerprint density at radius 3 is 2.76 bits per heavy atom. The van der Waals surface area contributed by atoms with Crippen LogP contribution < -0.4 is 5.32 Å². The lowest BCUT2D eigenvalue weighted by molar-refractivity contribution is 0.102. The Kier molecular flexibility index (Phi) is 3.28. The van der Waals surface area contributed by atoms with Crippen molar-refractivity contribution in [3.8, 4) is 0 Å². The number of anilines is 1. The number of carbonyl (C=O) groups excluding carboxylic acids is 1. The van der Waals surface area contributed by atoms with Gasteiger partial charge in [0.25, 0.3) is 5.91 Å². The molecule has 0 aliphatic carbocycles. The fourth-order valence-electron chi connectivity index (χ4n) is 1.34. The second kappa shape index (κ2) is 4.71. The molecule has 0 bridgehead atoms. The molecule has 0 radical (unpaired) electrons. The topological polar surface area (TPSA) is 42.2 Å². The molecule has 0 aliphatic rings.